The maximum atomic E-state index is 13.6. The molecule has 3 aliphatic carbocycles. The van der Waals surface area contributed by atoms with Gasteiger partial charge in [0.15, 0.2) is 0 Å². The second-order valence-electron chi connectivity index (χ2n) is 10.7. The first-order valence-corrected chi connectivity index (χ1v) is 13.3. The number of rotatable bonds is 10. The van der Waals surface area contributed by atoms with Crippen LogP contribution in [0.4, 0.5) is 5.69 Å². The van der Waals surface area contributed by atoms with Crippen LogP contribution >= 0.6 is 0 Å². The van der Waals surface area contributed by atoms with E-state index in [1.54, 1.807) is 16.9 Å². The van der Waals surface area contributed by atoms with Gasteiger partial charge in [-0.2, -0.15) is 10.2 Å². The van der Waals surface area contributed by atoms with Crippen molar-refractivity contribution in [3.05, 3.63) is 53.6 Å². The summed E-state index contributed by atoms with van der Waals surface area (Å²) in [6.45, 7) is 4.61. The minimum absolute atomic E-state index is 0.138. The predicted octanol–water partition coefficient (Wildman–Crippen LogP) is 4.65. The number of anilines is 1. The largest absolute Gasteiger partial charge is 0.339 e. The Labute approximate surface area is 211 Å². The smallest absolute Gasteiger partial charge is 0.270 e. The molecule has 2 aromatic heterocycles. The zero-order chi connectivity index (χ0) is 24.8. The Morgan fingerprint density at radius 3 is 2.36 bits per heavy atom. The van der Waals surface area contributed by atoms with Gasteiger partial charge >= 0.3 is 0 Å². The molecular weight excluding hydrogens is 452 g/mol. The summed E-state index contributed by atoms with van der Waals surface area (Å²) in [4.78, 5) is 26.8. The molecule has 2 amide bonds. The molecule has 1 atom stereocenters. The first-order valence-electron chi connectivity index (χ1n) is 13.3. The number of carbonyl (C=O) groups excluding carboxylic acids is 2. The van der Waals surface area contributed by atoms with Gasteiger partial charge in [-0.05, 0) is 93.9 Å². The highest BCUT2D eigenvalue weighted by molar-refractivity contribution is 6.01. The van der Waals surface area contributed by atoms with Gasteiger partial charge in [0.2, 0.25) is 5.91 Å². The number of H-pyrrole nitrogens is 1. The summed E-state index contributed by atoms with van der Waals surface area (Å²) >= 11 is 0. The van der Waals surface area contributed by atoms with E-state index < -0.39 is 6.04 Å². The first kappa shape index (κ1) is 23.0. The molecule has 0 bridgehead atoms. The third-order valence-electron chi connectivity index (χ3n) is 7.92. The highest BCUT2D eigenvalue weighted by Gasteiger charge is 2.48. The molecule has 3 aromatic rings. The van der Waals surface area contributed by atoms with Crippen molar-refractivity contribution in [2.75, 3.05) is 5.32 Å². The minimum Gasteiger partial charge on any atom is -0.339 e. The Balaban J connectivity index is 1.21. The fraction of sp³-hybridized carbons (Fsp3) is 0.500. The van der Waals surface area contributed by atoms with Crippen LogP contribution in [0.1, 0.15) is 73.2 Å². The number of nitrogens with one attached hydrogen (secondary N) is 3. The number of aromatic amines is 1. The number of hydrogen-bond acceptors (Lipinski definition) is 4. The van der Waals surface area contributed by atoms with Crippen LogP contribution in [-0.2, 0) is 11.3 Å². The van der Waals surface area contributed by atoms with E-state index in [9.17, 15) is 9.59 Å². The fourth-order valence-corrected chi connectivity index (χ4v) is 5.63. The van der Waals surface area contributed by atoms with E-state index in [0.29, 0.717) is 30.0 Å². The number of aryl methyl sites for hydroxylation is 2. The molecule has 1 aromatic carbocycles. The van der Waals surface area contributed by atoms with Gasteiger partial charge in [-0.3, -0.25) is 19.4 Å². The molecule has 0 radical (unpaired) electrons. The van der Waals surface area contributed by atoms with E-state index >= 15 is 0 Å². The highest BCUT2D eigenvalue weighted by atomic mass is 16.2. The normalized spacial score (nSPS) is 18.3. The van der Waals surface area contributed by atoms with Crippen LogP contribution in [0.3, 0.4) is 0 Å². The van der Waals surface area contributed by atoms with Gasteiger partial charge < -0.3 is 10.6 Å². The van der Waals surface area contributed by atoms with Crippen molar-refractivity contribution in [1.29, 1.82) is 0 Å². The Bertz CT molecular complexity index is 1250. The summed E-state index contributed by atoms with van der Waals surface area (Å²) in [7, 11) is 0. The molecule has 3 N–H and O–H groups in total. The number of benzene rings is 1. The lowest BCUT2D eigenvalue weighted by atomic mass is 9.88. The number of amides is 2. The number of carbonyl (C=O) groups is 2. The molecule has 8 heteroatoms. The summed E-state index contributed by atoms with van der Waals surface area (Å²) in [5, 5.41) is 18.1. The van der Waals surface area contributed by atoms with E-state index in [2.05, 4.69) is 32.9 Å². The van der Waals surface area contributed by atoms with Crippen molar-refractivity contribution in [1.82, 2.24) is 25.3 Å². The SMILES string of the molecule is CCn1nccc1C(=O)N[C@H](C(=O)Nc1ccc(-c2c(C3CC3)n[nH]c2C)cc1)C(C1CC1)C1CC1. The monoisotopic (exact) mass is 486 g/mol. The summed E-state index contributed by atoms with van der Waals surface area (Å²) in [5.74, 6) is 1.38. The summed E-state index contributed by atoms with van der Waals surface area (Å²) < 4.78 is 1.67. The molecule has 3 saturated carbocycles. The lowest BCUT2D eigenvalue weighted by Crippen LogP contribution is -2.50. The Hall–Kier alpha value is -3.42. The Morgan fingerprint density at radius 2 is 1.75 bits per heavy atom. The number of hydrogen-bond donors (Lipinski definition) is 3. The van der Waals surface area contributed by atoms with Crippen molar-refractivity contribution < 1.29 is 9.59 Å². The second-order valence-corrected chi connectivity index (χ2v) is 10.7. The molecule has 3 fully saturated rings. The molecule has 0 aliphatic heterocycles. The molecule has 0 spiro atoms. The van der Waals surface area contributed by atoms with E-state index in [1.807, 2.05) is 31.2 Å². The quantitative estimate of drug-likeness (QED) is 0.388. The van der Waals surface area contributed by atoms with Gasteiger partial charge in [0, 0.05) is 35.6 Å². The van der Waals surface area contributed by atoms with Gasteiger partial charge in [0.1, 0.15) is 11.7 Å². The fourth-order valence-electron chi connectivity index (χ4n) is 5.63. The van der Waals surface area contributed by atoms with Crippen LogP contribution in [0, 0.1) is 24.7 Å². The molecule has 0 unspecified atom stereocenters. The Kier molecular flexibility index (Phi) is 5.90. The zero-order valence-electron chi connectivity index (χ0n) is 21.0. The lowest BCUT2D eigenvalue weighted by Gasteiger charge is -2.27. The van der Waals surface area contributed by atoms with E-state index in [0.717, 1.165) is 48.3 Å². The van der Waals surface area contributed by atoms with E-state index in [-0.39, 0.29) is 17.7 Å². The van der Waals surface area contributed by atoms with Crippen LogP contribution in [0.25, 0.3) is 11.1 Å². The number of nitrogens with zero attached hydrogens (tertiary/aromatic N) is 3. The van der Waals surface area contributed by atoms with Crippen molar-refractivity contribution >= 4 is 17.5 Å². The van der Waals surface area contributed by atoms with Crippen LogP contribution in [0.15, 0.2) is 36.5 Å². The van der Waals surface area contributed by atoms with Gasteiger partial charge in [-0.1, -0.05) is 12.1 Å². The van der Waals surface area contributed by atoms with Gasteiger partial charge in [0.05, 0.1) is 5.69 Å². The average Bonchev–Trinajstić information content (AvgIpc) is 3.77. The molecule has 0 saturated heterocycles. The van der Waals surface area contributed by atoms with Crippen LogP contribution < -0.4 is 10.6 Å². The second kappa shape index (κ2) is 9.22. The van der Waals surface area contributed by atoms with Crippen molar-refractivity contribution in [3.8, 4) is 11.1 Å². The summed E-state index contributed by atoms with van der Waals surface area (Å²) in [6, 6.07) is 9.14. The standard InChI is InChI=1S/C28H34N6O2/c1-3-34-22(14-15-29-34)27(35)31-26(24(18-4-5-18)19-6-7-19)28(36)30-21-12-10-17(11-13-21)23-16(2)32-33-25(23)20-8-9-20/h10-15,18-20,24,26H,3-9H2,1-2H3,(H,30,36)(H,31,35)(H,32,33)/t26-/m0/s1. The maximum Gasteiger partial charge on any atom is 0.270 e. The van der Waals surface area contributed by atoms with Crippen molar-refractivity contribution in [2.45, 2.75) is 70.9 Å². The Morgan fingerprint density at radius 1 is 1.06 bits per heavy atom. The van der Waals surface area contributed by atoms with Crippen LogP contribution in [-0.4, -0.2) is 37.8 Å². The summed E-state index contributed by atoms with van der Waals surface area (Å²) in [6.07, 6.45) is 8.56. The zero-order valence-corrected chi connectivity index (χ0v) is 21.0. The van der Waals surface area contributed by atoms with Gasteiger partial charge in [-0.15, -0.1) is 0 Å². The predicted molar refractivity (Wildman–Crippen MR) is 137 cm³/mol. The van der Waals surface area contributed by atoms with Gasteiger partial charge in [0.25, 0.3) is 5.91 Å². The molecule has 2 heterocycles. The lowest BCUT2D eigenvalue weighted by molar-refractivity contribution is -0.119. The maximum absolute atomic E-state index is 13.6. The van der Waals surface area contributed by atoms with Crippen molar-refractivity contribution in [2.24, 2.45) is 17.8 Å². The highest BCUT2D eigenvalue weighted by Crippen LogP contribution is 2.51. The molecule has 8 nitrogen and oxygen atoms in total. The third-order valence-corrected chi connectivity index (χ3v) is 7.92. The molecule has 36 heavy (non-hydrogen) atoms. The first-order chi connectivity index (χ1) is 17.5. The van der Waals surface area contributed by atoms with Crippen LogP contribution in [0.5, 0.6) is 0 Å². The van der Waals surface area contributed by atoms with E-state index in [4.69, 9.17) is 0 Å². The van der Waals surface area contributed by atoms with Crippen LogP contribution in [0.2, 0.25) is 0 Å². The summed E-state index contributed by atoms with van der Waals surface area (Å²) in [5.41, 5.74) is 5.73. The molecular formula is C28H34N6O2. The number of aromatic nitrogens is 4. The molecule has 6 rings (SSSR count). The van der Waals surface area contributed by atoms with Gasteiger partial charge in [-0.25, -0.2) is 0 Å². The minimum atomic E-state index is -0.560. The molecule has 188 valence electrons. The van der Waals surface area contributed by atoms with Crippen molar-refractivity contribution in [3.63, 3.8) is 0 Å². The average molecular weight is 487 g/mol. The van der Waals surface area contributed by atoms with E-state index in [1.165, 1.54) is 18.4 Å². The third kappa shape index (κ3) is 4.56. The topological polar surface area (TPSA) is 105 Å². The molecule has 3 aliphatic rings.